The maximum absolute atomic E-state index is 12.4. The van der Waals surface area contributed by atoms with E-state index in [1.54, 1.807) is 6.08 Å². The van der Waals surface area contributed by atoms with Crippen molar-refractivity contribution in [2.24, 2.45) is 0 Å². The van der Waals surface area contributed by atoms with Gasteiger partial charge in [0.1, 0.15) is 0 Å². The topological polar surface area (TPSA) is 95.9 Å². The summed E-state index contributed by atoms with van der Waals surface area (Å²) in [4.78, 5) is 24.5. The molecule has 0 radical (unpaired) electrons. The largest absolute Gasteiger partial charge is 0.466 e. The highest BCUT2D eigenvalue weighted by molar-refractivity contribution is 5.76. The van der Waals surface area contributed by atoms with Crippen LogP contribution in [0.4, 0.5) is 0 Å². The van der Waals surface area contributed by atoms with Crippen LogP contribution >= 0.6 is 0 Å². The average Bonchev–Trinajstić information content (AvgIpc) is 3.35. The third kappa shape index (κ3) is 54.7. The van der Waals surface area contributed by atoms with E-state index >= 15 is 0 Å². The molecule has 0 spiro atoms. The first-order valence-electron chi connectivity index (χ1n) is 30.1. The number of allylic oxidation sites excluding steroid dienone is 9. The maximum Gasteiger partial charge on any atom is 0.305 e. The SMILES string of the molecule is CCCCC/C=C\C/C=C\CCCCCCCCCC(=O)OCCCCCCCCCCC/C=C\C/C=C\CCCCCCCCCC(=O)NC(CO)C(O)/C=C/CCCCCCCCCCCC. The summed E-state index contributed by atoms with van der Waals surface area (Å²) >= 11 is 0. The van der Waals surface area contributed by atoms with Crippen LogP contribution in [0.1, 0.15) is 303 Å². The summed E-state index contributed by atoms with van der Waals surface area (Å²) in [5.74, 6) is -0.0821. The smallest absolute Gasteiger partial charge is 0.305 e. The molecule has 0 fully saturated rings. The normalized spacial score (nSPS) is 13.0. The van der Waals surface area contributed by atoms with Gasteiger partial charge in [-0.1, -0.05) is 254 Å². The molecular weight excluding hydrogens is 851 g/mol. The lowest BCUT2D eigenvalue weighted by Crippen LogP contribution is -2.45. The molecule has 0 aliphatic rings. The molecule has 3 N–H and O–H groups in total. The van der Waals surface area contributed by atoms with Gasteiger partial charge in [0.2, 0.25) is 5.91 Å². The number of rotatable bonds is 55. The predicted molar refractivity (Wildman–Crippen MR) is 301 cm³/mol. The number of hydrogen-bond donors (Lipinski definition) is 3. The van der Waals surface area contributed by atoms with Gasteiger partial charge in [-0.15, -0.1) is 0 Å². The average molecular weight is 967 g/mol. The fourth-order valence-corrected chi connectivity index (χ4v) is 8.87. The molecule has 0 aromatic rings. The molecule has 2 unspecified atom stereocenters. The minimum Gasteiger partial charge on any atom is -0.466 e. The van der Waals surface area contributed by atoms with Crippen LogP contribution in [0.3, 0.4) is 0 Å². The van der Waals surface area contributed by atoms with Crippen molar-refractivity contribution in [2.45, 2.75) is 315 Å². The minimum absolute atomic E-state index is 0.00202. The molecule has 402 valence electrons. The van der Waals surface area contributed by atoms with Gasteiger partial charge in [-0.3, -0.25) is 9.59 Å². The summed E-state index contributed by atoms with van der Waals surface area (Å²) in [7, 11) is 0. The van der Waals surface area contributed by atoms with Crippen molar-refractivity contribution in [1.82, 2.24) is 5.32 Å². The van der Waals surface area contributed by atoms with E-state index in [0.29, 0.717) is 19.4 Å². The number of nitrogens with one attached hydrogen (secondary N) is 1. The van der Waals surface area contributed by atoms with Crippen LogP contribution in [-0.4, -0.2) is 47.4 Å². The highest BCUT2D eigenvalue weighted by Crippen LogP contribution is 2.15. The molecule has 6 nitrogen and oxygen atoms in total. The fraction of sp³-hybridized carbons (Fsp3) is 0.810. The molecule has 0 saturated carbocycles. The quantitative estimate of drug-likeness (QED) is 0.0321. The molecule has 6 heteroatoms. The van der Waals surface area contributed by atoms with Crippen molar-refractivity contribution >= 4 is 11.9 Å². The predicted octanol–water partition coefficient (Wildman–Crippen LogP) is 18.7. The molecule has 1 amide bonds. The molecule has 69 heavy (non-hydrogen) atoms. The summed E-state index contributed by atoms with van der Waals surface area (Å²) in [6, 6.07) is -0.636. The molecule has 0 rings (SSSR count). The highest BCUT2D eigenvalue weighted by atomic mass is 16.5. The molecule has 0 heterocycles. The van der Waals surface area contributed by atoms with Crippen molar-refractivity contribution in [1.29, 1.82) is 0 Å². The van der Waals surface area contributed by atoms with Crippen LogP contribution < -0.4 is 5.32 Å². The molecular formula is C63H115NO5. The minimum atomic E-state index is -0.851. The lowest BCUT2D eigenvalue weighted by molar-refractivity contribution is -0.143. The van der Waals surface area contributed by atoms with Crippen LogP contribution in [0, 0.1) is 0 Å². The van der Waals surface area contributed by atoms with E-state index in [1.165, 1.54) is 205 Å². The number of ether oxygens (including phenoxy) is 1. The van der Waals surface area contributed by atoms with Gasteiger partial charge in [0.25, 0.3) is 0 Å². The van der Waals surface area contributed by atoms with Crippen molar-refractivity contribution in [3.63, 3.8) is 0 Å². The Hall–Kier alpha value is -2.44. The van der Waals surface area contributed by atoms with Gasteiger partial charge in [-0.25, -0.2) is 0 Å². The third-order valence-electron chi connectivity index (χ3n) is 13.5. The summed E-state index contributed by atoms with van der Waals surface area (Å²) in [5, 5.41) is 23.0. The second-order valence-electron chi connectivity index (χ2n) is 20.3. The van der Waals surface area contributed by atoms with Crippen LogP contribution in [-0.2, 0) is 14.3 Å². The molecule has 0 aliphatic carbocycles. The number of amides is 1. The number of carbonyl (C=O) groups is 2. The summed E-state index contributed by atoms with van der Waals surface area (Å²) in [5.41, 5.74) is 0. The summed E-state index contributed by atoms with van der Waals surface area (Å²) in [6.07, 6.45) is 75.4. The second kappa shape index (κ2) is 58.1. The summed E-state index contributed by atoms with van der Waals surface area (Å²) in [6.45, 7) is 4.85. The molecule has 0 saturated heterocycles. The Morgan fingerprint density at radius 3 is 1.13 bits per heavy atom. The number of carbonyl (C=O) groups excluding carboxylic acids is 2. The van der Waals surface area contributed by atoms with E-state index < -0.39 is 12.1 Å². The van der Waals surface area contributed by atoms with E-state index in [4.69, 9.17) is 4.74 Å². The molecule has 2 atom stereocenters. The van der Waals surface area contributed by atoms with Crippen LogP contribution in [0.25, 0.3) is 0 Å². The van der Waals surface area contributed by atoms with Crippen molar-refractivity contribution in [3.8, 4) is 0 Å². The van der Waals surface area contributed by atoms with Crippen molar-refractivity contribution < 1.29 is 24.5 Å². The van der Waals surface area contributed by atoms with Crippen LogP contribution in [0.5, 0.6) is 0 Å². The first-order chi connectivity index (χ1) is 34.0. The second-order valence-corrected chi connectivity index (χ2v) is 20.3. The Morgan fingerprint density at radius 1 is 0.406 bits per heavy atom. The molecule has 0 aromatic heterocycles. The number of hydrogen-bond acceptors (Lipinski definition) is 5. The monoisotopic (exact) mass is 966 g/mol. The zero-order valence-corrected chi connectivity index (χ0v) is 45.8. The zero-order valence-electron chi connectivity index (χ0n) is 45.8. The summed E-state index contributed by atoms with van der Waals surface area (Å²) < 4.78 is 5.48. The fourth-order valence-electron chi connectivity index (χ4n) is 8.87. The van der Waals surface area contributed by atoms with Crippen molar-refractivity contribution in [3.05, 3.63) is 60.8 Å². The van der Waals surface area contributed by atoms with E-state index in [2.05, 4.69) is 67.8 Å². The Bertz CT molecular complexity index is 1210. The Morgan fingerprint density at radius 2 is 0.725 bits per heavy atom. The van der Waals surface area contributed by atoms with E-state index in [1.807, 2.05) is 6.08 Å². The lowest BCUT2D eigenvalue weighted by atomic mass is 10.1. The number of aliphatic hydroxyl groups excluding tert-OH is 2. The van der Waals surface area contributed by atoms with Crippen LogP contribution in [0.2, 0.25) is 0 Å². The Balaban J connectivity index is 3.46. The van der Waals surface area contributed by atoms with Gasteiger partial charge < -0.3 is 20.3 Å². The third-order valence-corrected chi connectivity index (χ3v) is 13.5. The Kier molecular flexibility index (Phi) is 56.1. The van der Waals surface area contributed by atoms with Gasteiger partial charge in [-0.2, -0.15) is 0 Å². The maximum atomic E-state index is 12.4. The lowest BCUT2D eigenvalue weighted by Gasteiger charge is -2.20. The number of unbranched alkanes of at least 4 members (excludes halogenated alkanes) is 36. The van der Waals surface area contributed by atoms with E-state index in [-0.39, 0.29) is 18.5 Å². The first-order valence-corrected chi connectivity index (χ1v) is 30.1. The standard InChI is InChI=1S/C63H115NO5/c1-3-5-7-9-11-13-15-17-18-26-30-33-37-41-45-49-53-57-63(68)69-58-54-50-46-42-38-34-31-28-25-23-21-19-20-22-24-27-29-32-36-40-44-48-52-56-62(67)64-60(59-65)61(66)55-51-47-43-39-35-16-14-12-10-8-6-4-2/h11,13,17-19,21-22,24,51,55,60-61,65-66H,3-10,12,14-16,20,23,25-50,52-54,56-59H2,1-2H3,(H,64,67)/b13-11-,18-17-,21-19-,24-22-,55-51+. The van der Waals surface area contributed by atoms with Crippen molar-refractivity contribution in [2.75, 3.05) is 13.2 Å². The first kappa shape index (κ1) is 66.6. The number of esters is 1. The van der Waals surface area contributed by atoms with Gasteiger partial charge >= 0.3 is 5.97 Å². The van der Waals surface area contributed by atoms with Gasteiger partial charge in [-0.05, 0) is 96.3 Å². The van der Waals surface area contributed by atoms with Crippen LogP contribution in [0.15, 0.2) is 60.8 Å². The molecule has 0 aromatic carbocycles. The Labute approximate surface area is 428 Å². The van der Waals surface area contributed by atoms with Gasteiger partial charge in [0.15, 0.2) is 0 Å². The molecule has 0 aliphatic heterocycles. The van der Waals surface area contributed by atoms with Gasteiger partial charge in [0.05, 0.1) is 25.4 Å². The van der Waals surface area contributed by atoms with Gasteiger partial charge in [0, 0.05) is 12.8 Å². The van der Waals surface area contributed by atoms with E-state index in [0.717, 1.165) is 70.6 Å². The number of aliphatic hydroxyl groups is 2. The van der Waals surface area contributed by atoms with E-state index in [9.17, 15) is 19.8 Å². The molecule has 0 bridgehead atoms. The highest BCUT2D eigenvalue weighted by Gasteiger charge is 2.18. The zero-order chi connectivity index (χ0) is 50.0.